The average molecular weight is 155 g/mol. The summed E-state index contributed by atoms with van der Waals surface area (Å²) < 4.78 is 0. The molecule has 1 aliphatic rings. The van der Waals surface area contributed by atoms with E-state index in [4.69, 9.17) is 0 Å². The maximum absolute atomic E-state index is 11.4. The Hall–Kier alpha value is -0.530. The van der Waals surface area contributed by atoms with Crippen LogP contribution in [0.4, 0.5) is 0 Å². The Labute approximate surface area is 68.6 Å². The number of nitrogens with zero attached hydrogens (tertiary/aromatic N) is 1. The Balaban J connectivity index is 2.43. The van der Waals surface area contributed by atoms with E-state index in [1.54, 1.807) is 4.90 Å². The predicted molar refractivity (Wildman–Crippen MR) is 45.2 cm³/mol. The van der Waals surface area contributed by atoms with Gasteiger partial charge in [-0.1, -0.05) is 6.92 Å². The Morgan fingerprint density at radius 3 is 2.36 bits per heavy atom. The smallest absolute Gasteiger partial charge is 0.225 e. The normalized spacial score (nSPS) is 30.5. The molecule has 1 saturated carbocycles. The first kappa shape index (κ1) is 8.57. The summed E-state index contributed by atoms with van der Waals surface area (Å²) >= 11 is 0. The lowest BCUT2D eigenvalue weighted by Gasteiger charge is -2.15. The molecule has 0 aromatic rings. The molecule has 0 aromatic heterocycles. The van der Waals surface area contributed by atoms with Gasteiger partial charge < -0.3 is 4.90 Å². The van der Waals surface area contributed by atoms with Gasteiger partial charge >= 0.3 is 0 Å². The van der Waals surface area contributed by atoms with Crippen LogP contribution in [-0.2, 0) is 4.79 Å². The van der Waals surface area contributed by atoms with Crippen LogP contribution in [0.3, 0.4) is 0 Å². The molecule has 0 saturated heterocycles. The Bertz CT molecular complexity index is 154. The number of carbonyl (C=O) groups excluding carboxylic acids is 1. The quantitative estimate of drug-likeness (QED) is 0.562. The van der Waals surface area contributed by atoms with E-state index in [9.17, 15) is 4.79 Å². The molecule has 0 aromatic carbocycles. The van der Waals surface area contributed by atoms with Crippen LogP contribution >= 0.6 is 0 Å². The number of hydrogen-bond donors (Lipinski definition) is 0. The molecule has 0 N–H and O–H groups in total. The molecular weight excluding hydrogens is 138 g/mol. The molecule has 2 atom stereocenters. The van der Waals surface area contributed by atoms with E-state index < -0.39 is 0 Å². The minimum atomic E-state index is 0.314. The first-order valence-corrected chi connectivity index (χ1v) is 4.32. The van der Waals surface area contributed by atoms with E-state index >= 15 is 0 Å². The lowest BCUT2D eigenvalue weighted by molar-refractivity contribution is -0.132. The summed E-state index contributed by atoms with van der Waals surface area (Å²) in [6, 6.07) is 0. The zero-order valence-corrected chi connectivity index (χ0v) is 7.63. The van der Waals surface area contributed by atoms with Crippen molar-refractivity contribution >= 4 is 5.91 Å². The van der Waals surface area contributed by atoms with Crippen molar-refractivity contribution in [2.45, 2.75) is 26.2 Å². The molecule has 2 heteroatoms. The van der Waals surface area contributed by atoms with Crippen molar-refractivity contribution in [1.29, 1.82) is 0 Å². The second-order valence-corrected chi connectivity index (χ2v) is 3.85. The predicted octanol–water partition coefficient (Wildman–Crippen LogP) is 1.51. The fourth-order valence-electron chi connectivity index (χ4n) is 1.80. The first-order chi connectivity index (χ1) is 5.11. The van der Waals surface area contributed by atoms with Gasteiger partial charge in [0.15, 0.2) is 0 Å². The molecule has 1 unspecified atom stereocenters. The van der Waals surface area contributed by atoms with E-state index in [2.05, 4.69) is 6.92 Å². The molecular formula is C9H17NO. The van der Waals surface area contributed by atoms with E-state index in [-0.39, 0.29) is 0 Å². The Morgan fingerprint density at radius 2 is 2.00 bits per heavy atom. The molecule has 0 spiro atoms. The minimum Gasteiger partial charge on any atom is -0.349 e. The van der Waals surface area contributed by atoms with Crippen molar-refractivity contribution in [2.75, 3.05) is 14.1 Å². The van der Waals surface area contributed by atoms with Gasteiger partial charge in [-0.25, -0.2) is 0 Å². The number of amides is 1. The van der Waals surface area contributed by atoms with Crippen LogP contribution in [0.15, 0.2) is 0 Å². The highest BCUT2D eigenvalue weighted by atomic mass is 16.2. The van der Waals surface area contributed by atoms with Crippen LogP contribution in [0.5, 0.6) is 0 Å². The van der Waals surface area contributed by atoms with Crippen LogP contribution in [0.25, 0.3) is 0 Å². The zero-order chi connectivity index (χ0) is 8.43. The van der Waals surface area contributed by atoms with E-state index in [1.807, 2.05) is 14.1 Å². The van der Waals surface area contributed by atoms with Crippen LogP contribution in [0.1, 0.15) is 26.2 Å². The highest BCUT2D eigenvalue weighted by Crippen LogP contribution is 2.30. The molecule has 0 radical (unpaired) electrons. The molecule has 11 heavy (non-hydrogen) atoms. The standard InChI is InChI=1S/C9H17NO/c1-7-4-5-8(6-7)9(11)10(2)3/h7-8H,4-6H2,1-3H3/t7?,8-/m0/s1. The number of carbonyl (C=O) groups is 1. The third kappa shape index (κ3) is 1.95. The topological polar surface area (TPSA) is 20.3 Å². The molecule has 64 valence electrons. The van der Waals surface area contributed by atoms with E-state index in [0.29, 0.717) is 11.8 Å². The van der Waals surface area contributed by atoms with Gasteiger partial charge in [0.25, 0.3) is 0 Å². The lowest BCUT2D eigenvalue weighted by Crippen LogP contribution is -2.28. The maximum atomic E-state index is 11.4. The van der Waals surface area contributed by atoms with Gasteiger partial charge in [-0.05, 0) is 25.2 Å². The summed E-state index contributed by atoms with van der Waals surface area (Å²) in [5.41, 5.74) is 0. The van der Waals surface area contributed by atoms with Gasteiger partial charge in [0.1, 0.15) is 0 Å². The lowest BCUT2D eigenvalue weighted by atomic mass is 10.1. The summed E-state index contributed by atoms with van der Waals surface area (Å²) in [6.45, 7) is 2.23. The molecule has 1 fully saturated rings. The monoisotopic (exact) mass is 155 g/mol. The van der Waals surface area contributed by atoms with Crippen molar-refractivity contribution in [3.05, 3.63) is 0 Å². The van der Waals surface area contributed by atoms with Crippen LogP contribution in [-0.4, -0.2) is 24.9 Å². The molecule has 2 nitrogen and oxygen atoms in total. The summed E-state index contributed by atoms with van der Waals surface area (Å²) in [5, 5.41) is 0. The summed E-state index contributed by atoms with van der Waals surface area (Å²) in [6.07, 6.45) is 3.42. The second kappa shape index (κ2) is 3.24. The van der Waals surface area contributed by atoms with Gasteiger partial charge in [0.05, 0.1) is 0 Å². The van der Waals surface area contributed by atoms with Crippen LogP contribution < -0.4 is 0 Å². The Kier molecular flexibility index (Phi) is 2.53. The summed E-state index contributed by atoms with van der Waals surface area (Å²) in [4.78, 5) is 13.1. The molecule has 1 amide bonds. The molecule has 0 heterocycles. The summed E-state index contributed by atoms with van der Waals surface area (Å²) in [7, 11) is 3.68. The van der Waals surface area contributed by atoms with Gasteiger partial charge in [-0.15, -0.1) is 0 Å². The van der Waals surface area contributed by atoms with Gasteiger partial charge in [-0.2, -0.15) is 0 Å². The fourth-order valence-corrected chi connectivity index (χ4v) is 1.80. The largest absolute Gasteiger partial charge is 0.349 e. The van der Waals surface area contributed by atoms with Crippen molar-refractivity contribution in [3.8, 4) is 0 Å². The Morgan fingerprint density at radius 1 is 1.36 bits per heavy atom. The van der Waals surface area contributed by atoms with Crippen molar-refractivity contribution in [2.24, 2.45) is 11.8 Å². The third-order valence-corrected chi connectivity index (χ3v) is 2.48. The van der Waals surface area contributed by atoms with Crippen molar-refractivity contribution < 1.29 is 4.79 Å². The van der Waals surface area contributed by atoms with E-state index in [1.165, 1.54) is 6.42 Å². The number of hydrogen-bond acceptors (Lipinski definition) is 1. The number of rotatable bonds is 1. The van der Waals surface area contributed by atoms with E-state index in [0.717, 1.165) is 18.8 Å². The van der Waals surface area contributed by atoms with Crippen LogP contribution in [0.2, 0.25) is 0 Å². The van der Waals surface area contributed by atoms with Crippen LogP contribution in [0, 0.1) is 11.8 Å². The average Bonchev–Trinajstić information content (AvgIpc) is 2.34. The van der Waals surface area contributed by atoms with Gasteiger partial charge in [-0.3, -0.25) is 4.79 Å². The summed E-state index contributed by atoms with van der Waals surface area (Å²) in [5.74, 6) is 1.39. The molecule has 1 rings (SSSR count). The molecule has 0 bridgehead atoms. The SMILES string of the molecule is CC1CC[C@H](C(=O)N(C)C)C1. The highest BCUT2D eigenvalue weighted by Gasteiger charge is 2.27. The van der Waals surface area contributed by atoms with Gasteiger partial charge in [0, 0.05) is 20.0 Å². The first-order valence-electron chi connectivity index (χ1n) is 4.32. The highest BCUT2D eigenvalue weighted by molar-refractivity contribution is 5.78. The van der Waals surface area contributed by atoms with Gasteiger partial charge in [0.2, 0.25) is 5.91 Å². The molecule has 1 aliphatic carbocycles. The minimum absolute atomic E-state index is 0.314. The molecule has 0 aliphatic heterocycles. The van der Waals surface area contributed by atoms with Crippen molar-refractivity contribution in [1.82, 2.24) is 4.90 Å². The van der Waals surface area contributed by atoms with Crippen molar-refractivity contribution in [3.63, 3.8) is 0 Å². The third-order valence-electron chi connectivity index (χ3n) is 2.48. The zero-order valence-electron chi connectivity index (χ0n) is 7.63. The second-order valence-electron chi connectivity index (χ2n) is 3.85. The maximum Gasteiger partial charge on any atom is 0.225 e. The fraction of sp³-hybridized carbons (Fsp3) is 0.889.